The number of anilines is 3. The number of hydrogen-bond acceptors (Lipinski definition) is 3. The van der Waals surface area contributed by atoms with Gasteiger partial charge in [0.2, 0.25) is 0 Å². The zero-order valence-electron chi connectivity index (χ0n) is 14.4. The quantitative estimate of drug-likeness (QED) is 0.395. The van der Waals surface area contributed by atoms with Crippen LogP contribution in [0.3, 0.4) is 0 Å². The number of thiocarbonyl (C=S) groups is 1. The van der Waals surface area contributed by atoms with E-state index in [4.69, 9.17) is 35.4 Å². The topological polar surface area (TPSA) is 73.4 Å². The van der Waals surface area contributed by atoms with Crippen molar-refractivity contribution in [2.75, 3.05) is 16.0 Å². The average Bonchev–Trinajstić information content (AvgIpc) is 2.66. The summed E-state index contributed by atoms with van der Waals surface area (Å²) < 4.78 is 0. The van der Waals surface area contributed by atoms with E-state index in [1.54, 1.807) is 60.7 Å². The van der Waals surface area contributed by atoms with Gasteiger partial charge in [0.05, 0.1) is 15.6 Å². The van der Waals surface area contributed by atoms with Gasteiger partial charge < -0.3 is 21.1 Å². The van der Waals surface area contributed by atoms with Crippen LogP contribution in [0.1, 0.15) is 10.4 Å². The molecule has 142 valence electrons. The minimum absolute atomic E-state index is 0.0722. The molecule has 0 radical (unpaired) electrons. The van der Waals surface area contributed by atoms with E-state index in [9.17, 15) is 9.90 Å². The Morgan fingerprint density at radius 1 is 0.786 bits per heavy atom. The Hall–Kier alpha value is -2.80. The maximum Gasteiger partial charge on any atom is 0.259 e. The lowest BCUT2D eigenvalue weighted by Crippen LogP contribution is -2.19. The first-order valence-corrected chi connectivity index (χ1v) is 9.31. The fourth-order valence-corrected chi connectivity index (χ4v) is 2.90. The number of carbonyl (C=O) groups excluding carboxylic acids is 1. The third-order valence-corrected chi connectivity index (χ3v) is 4.67. The number of carbonyl (C=O) groups is 1. The number of halogens is 2. The van der Waals surface area contributed by atoms with Crippen molar-refractivity contribution in [1.82, 2.24) is 0 Å². The molecule has 0 bridgehead atoms. The molecular weight excluding hydrogens is 417 g/mol. The van der Waals surface area contributed by atoms with Crippen LogP contribution in [0.15, 0.2) is 66.7 Å². The standard InChI is InChI=1S/C20H15Cl2N3O2S/c21-16-10-9-14(11-17(16)22)25-20(28)24-13-7-5-12(6-8-13)23-19(27)15-3-1-2-4-18(15)26/h1-11,26H,(H,23,27)(H2,24,25,28). The summed E-state index contributed by atoms with van der Waals surface area (Å²) in [7, 11) is 0. The van der Waals surface area contributed by atoms with Gasteiger partial charge in [0.25, 0.3) is 5.91 Å². The highest BCUT2D eigenvalue weighted by Gasteiger charge is 2.10. The average molecular weight is 432 g/mol. The van der Waals surface area contributed by atoms with Gasteiger partial charge in [0.1, 0.15) is 5.75 Å². The van der Waals surface area contributed by atoms with Crippen molar-refractivity contribution in [3.05, 3.63) is 82.3 Å². The number of rotatable bonds is 4. The van der Waals surface area contributed by atoms with E-state index in [2.05, 4.69) is 16.0 Å². The number of amides is 1. The number of nitrogens with one attached hydrogen (secondary N) is 3. The Labute approximate surface area is 177 Å². The van der Waals surface area contributed by atoms with Crippen molar-refractivity contribution in [3.63, 3.8) is 0 Å². The molecule has 0 heterocycles. The van der Waals surface area contributed by atoms with Gasteiger partial charge in [-0.15, -0.1) is 0 Å². The largest absolute Gasteiger partial charge is 0.507 e. The van der Waals surface area contributed by atoms with Crippen molar-refractivity contribution in [2.45, 2.75) is 0 Å². The Morgan fingerprint density at radius 3 is 2.00 bits per heavy atom. The van der Waals surface area contributed by atoms with E-state index in [1.165, 1.54) is 6.07 Å². The molecule has 0 aromatic heterocycles. The van der Waals surface area contributed by atoms with Gasteiger partial charge in [0.15, 0.2) is 5.11 Å². The molecule has 0 unspecified atom stereocenters. The summed E-state index contributed by atoms with van der Waals surface area (Å²) in [4.78, 5) is 12.2. The molecule has 0 aliphatic rings. The molecule has 0 aliphatic heterocycles. The molecule has 8 heteroatoms. The highest BCUT2D eigenvalue weighted by molar-refractivity contribution is 7.80. The second-order valence-corrected chi connectivity index (χ2v) is 6.98. The lowest BCUT2D eigenvalue weighted by atomic mass is 10.2. The molecule has 28 heavy (non-hydrogen) atoms. The molecule has 0 saturated carbocycles. The summed E-state index contributed by atoms with van der Waals surface area (Å²) in [6.45, 7) is 0. The number of hydrogen-bond donors (Lipinski definition) is 4. The van der Waals surface area contributed by atoms with Crippen molar-refractivity contribution >= 4 is 63.5 Å². The summed E-state index contributed by atoms with van der Waals surface area (Å²) >= 11 is 17.2. The van der Waals surface area contributed by atoms with E-state index in [-0.39, 0.29) is 11.3 Å². The molecule has 0 saturated heterocycles. The van der Waals surface area contributed by atoms with Gasteiger partial charge in [-0.05, 0) is 66.8 Å². The van der Waals surface area contributed by atoms with E-state index in [0.717, 1.165) is 5.69 Å². The molecule has 3 aromatic rings. The predicted molar refractivity (Wildman–Crippen MR) is 119 cm³/mol. The Morgan fingerprint density at radius 2 is 1.36 bits per heavy atom. The molecular formula is C20H15Cl2N3O2S. The minimum atomic E-state index is -0.393. The zero-order chi connectivity index (χ0) is 20.1. The van der Waals surface area contributed by atoms with Crippen LogP contribution in [0.4, 0.5) is 17.1 Å². The van der Waals surface area contributed by atoms with Crippen molar-refractivity contribution < 1.29 is 9.90 Å². The minimum Gasteiger partial charge on any atom is -0.507 e. The summed E-state index contributed by atoms with van der Waals surface area (Å²) in [6, 6.07) is 18.4. The first kappa shape index (κ1) is 19.9. The lowest BCUT2D eigenvalue weighted by molar-refractivity contribution is 0.102. The van der Waals surface area contributed by atoms with Crippen LogP contribution in [-0.2, 0) is 0 Å². The summed E-state index contributed by atoms with van der Waals surface area (Å²) in [5, 5.41) is 19.8. The molecule has 3 rings (SSSR count). The fraction of sp³-hybridized carbons (Fsp3) is 0. The molecule has 3 aromatic carbocycles. The highest BCUT2D eigenvalue weighted by atomic mass is 35.5. The zero-order valence-corrected chi connectivity index (χ0v) is 16.7. The molecule has 0 aliphatic carbocycles. The smallest absolute Gasteiger partial charge is 0.259 e. The predicted octanol–water partition coefficient (Wildman–Crippen LogP) is 5.76. The lowest BCUT2D eigenvalue weighted by Gasteiger charge is -2.12. The van der Waals surface area contributed by atoms with E-state index < -0.39 is 5.91 Å². The van der Waals surface area contributed by atoms with Crippen LogP contribution in [-0.4, -0.2) is 16.1 Å². The second-order valence-electron chi connectivity index (χ2n) is 5.76. The number of benzene rings is 3. The normalized spacial score (nSPS) is 10.2. The fourth-order valence-electron chi connectivity index (χ4n) is 2.37. The third-order valence-electron chi connectivity index (χ3n) is 3.73. The van der Waals surface area contributed by atoms with Gasteiger partial charge in [0, 0.05) is 17.1 Å². The first-order chi connectivity index (χ1) is 13.4. The highest BCUT2D eigenvalue weighted by Crippen LogP contribution is 2.25. The molecule has 1 amide bonds. The van der Waals surface area contributed by atoms with Crippen molar-refractivity contribution in [1.29, 1.82) is 0 Å². The summed E-state index contributed by atoms with van der Waals surface area (Å²) in [6.07, 6.45) is 0. The number of aromatic hydroxyl groups is 1. The molecule has 4 N–H and O–H groups in total. The molecule has 0 spiro atoms. The maximum atomic E-state index is 12.2. The van der Waals surface area contributed by atoms with Gasteiger partial charge in [-0.25, -0.2) is 0 Å². The van der Waals surface area contributed by atoms with Gasteiger partial charge in [-0.1, -0.05) is 35.3 Å². The second kappa shape index (κ2) is 8.93. The van der Waals surface area contributed by atoms with Gasteiger partial charge >= 0.3 is 0 Å². The van der Waals surface area contributed by atoms with Crippen LogP contribution in [0.2, 0.25) is 10.0 Å². The van der Waals surface area contributed by atoms with Crippen molar-refractivity contribution in [2.24, 2.45) is 0 Å². The number of phenolic OH excluding ortho intramolecular Hbond substituents is 1. The van der Waals surface area contributed by atoms with E-state index in [1.807, 2.05) is 0 Å². The van der Waals surface area contributed by atoms with Gasteiger partial charge in [-0.2, -0.15) is 0 Å². The first-order valence-electron chi connectivity index (χ1n) is 8.15. The maximum absolute atomic E-state index is 12.2. The monoisotopic (exact) mass is 431 g/mol. The Balaban J connectivity index is 1.59. The Kier molecular flexibility index (Phi) is 6.36. The molecule has 0 atom stereocenters. The van der Waals surface area contributed by atoms with Crippen molar-refractivity contribution in [3.8, 4) is 5.75 Å². The molecule has 0 fully saturated rings. The Bertz CT molecular complexity index is 1030. The van der Waals surface area contributed by atoms with Crippen LogP contribution in [0, 0.1) is 0 Å². The van der Waals surface area contributed by atoms with Crippen LogP contribution in [0.5, 0.6) is 5.75 Å². The van der Waals surface area contributed by atoms with E-state index in [0.29, 0.717) is 26.5 Å². The van der Waals surface area contributed by atoms with Crippen LogP contribution in [0.25, 0.3) is 0 Å². The summed E-state index contributed by atoms with van der Waals surface area (Å²) in [5.41, 5.74) is 2.23. The van der Waals surface area contributed by atoms with Crippen LogP contribution >= 0.6 is 35.4 Å². The number of para-hydroxylation sites is 1. The van der Waals surface area contributed by atoms with Gasteiger partial charge in [-0.3, -0.25) is 4.79 Å². The molecule has 5 nitrogen and oxygen atoms in total. The summed E-state index contributed by atoms with van der Waals surface area (Å²) in [5.74, 6) is -0.465. The van der Waals surface area contributed by atoms with Crippen LogP contribution < -0.4 is 16.0 Å². The van der Waals surface area contributed by atoms with E-state index >= 15 is 0 Å². The number of phenols is 1. The third kappa shape index (κ3) is 5.13. The SMILES string of the molecule is O=C(Nc1ccc(NC(=S)Nc2ccc(Cl)c(Cl)c2)cc1)c1ccccc1O.